The standard InChI is InChI=1S/C7H14N2/c1-8-7-3-6(7)4-9(2)5-7/h6,8H,3-5H2,1-2H3/t6-,7-/m1/s1. The van der Waals surface area contributed by atoms with Crippen LogP contribution in [0.2, 0.25) is 0 Å². The summed E-state index contributed by atoms with van der Waals surface area (Å²) >= 11 is 0. The molecule has 2 atom stereocenters. The Hall–Kier alpha value is -0.0800. The summed E-state index contributed by atoms with van der Waals surface area (Å²) in [5.74, 6) is 0.965. The largest absolute Gasteiger partial charge is 0.313 e. The van der Waals surface area contributed by atoms with Crippen molar-refractivity contribution in [3.63, 3.8) is 0 Å². The van der Waals surface area contributed by atoms with Crippen LogP contribution in [0, 0.1) is 5.92 Å². The van der Waals surface area contributed by atoms with Crippen molar-refractivity contribution in [3.05, 3.63) is 0 Å². The number of nitrogens with zero attached hydrogens (tertiary/aromatic N) is 1. The minimum absolute atomic E-state index is 0.550. The average molecular weight is 126 g/mol. The fourth-order valence-electron chi connectivity index (χ4n) is 2.12. The molecule has 1 aliphatic heterocycles. The quantitative estimate of drug-likeness (QED) is 0.528. The Balaban J connectivity index is 2.05. The molecule has 2 nitrogen and oxygen atoms in total. The van der Waals surface area contributed by atoms with E-state index in [9.17, 15) is 0 Å². The molecule has 0 radical (unpaired) electrons. The van der Waals surface area contributed by atoms with Crippen LogP contribution >= 0.6 is 0 Å². The van der Waals surface area contributed by atoms with Crippen molar-refractivity contribution in [2.24, 2.45) is 5.92 Å². The number of hydrogen-bond acceptors (Lipinski definition) is 2. The van der Waals surface area contributed by atoms with Crippen molar-refractivity contribution in [2.75, 3.05) is 27.2 Å². The van der Waals surface area contributed by atoms with E-state index in [1.807, 2.05) is 0 Å². The molecule has 1 N–H and O–H groups in total. The molecular formula is C7H14N2. The van der Waals surface area contributed by atoms with Crippen LogP contribution in [-0.4, -0.2) is 37.6 Å². The van der Waals surface area contributed by atoms with Crippen LogP contribution in [0.4, 0.5) is 0 Å². The molecule has 2 fully saturated rings. The maximum Gasteiger partial charge on any atom is 0.0351 e. The lowest BCUT2D eigenvalue weighted by Gasteiger charge is -2.14. The highest BCUT2D eigenvalue weighted by Crippen LogP contribution is 2.48. The highest BCUT2D eigenvalue weighted by molar-refractivity contribution is 5.16. The molecule has 1 heterocycles. The van der Waals surface area contributed by atoms with Crippen LogP contribution in [0.1, 0.15) is 6.42 Å². The molecule has 0 aromatic carbocycles. The van der Waals surface area contributed by atoms with E-state index >= 15 is 0 Å². The minimum Gasteiger partial charge on any atom is -0.313 e. The zero-order chi connectivity index (χ0) is 6.48. The first kappa shape index (κ1) is 5.69. The molecule has 0 spiro atoms. The van der Waals surface area contributed by atoms with Crippen molar-refractivity contribution >= 4 is 0 Å². The Morgan fingerprint density at radius 1 is 1.67 bits per heavy atom. The fourth-order valence-corrected chi connectivity index (χ4v) is 2.12. The molecular weight excluding hydrogens is 112 g/mol. The summed E-state index contributed by atoms with van der Waals surface area (Å²) in [7, 11) is 4.28. The van der Waals surface area contributed by atoms with E-state index in [0.29, 0.717) is 5.54 Å². The van der Waals surface area contributed by atoms with Gasteiger partial charge < -0.3 is 10.2 Å². The van der Waals surface area contributed by atoms with Crippen LogP contribution in [0.5, 0.6) is 0 Å². The number of rotatable bonds is 1. The highest BCUT2D eigenvalue weighted by Gasteiger charge is 2.57. The lowest BCUT2D eigenvalue weighted by atomic mass is 10.2. The van der Waals surface area contributed by atoms with Crippen molar-refractivity contribution in [1.29, 1.82) is 0 Å². The number of fused-ring (bicyclic) bond motifs is 1. The Kier molecular flexibility index (Phi) is 0.945. The molecule has 1 aliphatic carbocycles. The Bertz CT molecular complexity index is 131. The number of hydrogen-bond donors (Lipinski definition) is 1. The topological polar surface area (TPSA) is 15.3 Å². The number of likely N-dealkylation sites (N-methyl/N-ethyl adjacent to an activating group) is 2. The summed E-state index contributed by atoms with van der Waals surface area (Å²) in [6.45, 7) is 2.56. The summed E-state index contributed by atoms with van der Waals surface area (Å²) in [4.78, 5) is 2.41. The summed E-state index contributed by atoms with van der Waals surface area (Å²) in [6.07, 6.45) is 1.41. The van der Waals surface area contributed by atoms with E-state index < -0.39 is 0 Å². The normalized spacial score (nSPS) is 49.3. The second-order valence-corrected chi connectivity index (χ2v) is 3.50. The highest BCUT2D eigenvalue weighted by atomic mass is 15.2. The third-order valence-electron chi connectivity index (χ3n) is 2.81. The zero-order valence-electron chi connectivity index (χ0n) is 6.15. The van der Waals surface area contributed by atoms with Gasteiger partial charge in [-0.15, -0.1) is 0 Å². The first-order chi connectivity index (χ1) is 4.27. The first-order valence-electron chi connectivity index (χ1n) is 3.64. The van der Waals surface area contributed by atoms with Crippen LogP contribution < -0.4 is 5.32 Å². The number of piperidine rings is 1. The predicted molar refractivity (Wildman–Crippen MR) is 37.4 cm³/mol. The Morgan fingerprint density at radius 3 is 2.78 bits per heavy atom. The molecule has 2 heteroatoms. The van der Waals surface area contributed by atoms with Crippen LogP contribution in [0.3, 0.4) is 0 Å². The lowest BCUT2D eigenvalue weighted by molar-refractivity contribution is 0.351. The minimum atomic E-state index is 0.550. The van der Waals surface area contributed by atoms with E-state index in [4.69, 9.17) is 0 Å². The third kappa shape index (κ3) is 0.634. The maximum atomic E-state index is 3.40. The van der Waals surface area contributed by atoms with Crippen molar-refractivity contribution in [3.8, 4) is 0 Å². The van der Waals surface area contributed by atoms with Gasteiger partial charge in [0.25, 0.3) is 0 Å². The van der Waals surface area contributed by atoms with Gasteiger partial charge in [-0.05, 0) is 26.4 Å². The number of nitrogens with one attached hydrogen (secondary N) is 1. The maximum absolute atomic E-state index is 3.40. The molecule has 1 saturated heterocycles. The molecule has 0 aromatic heterocycles. The molecule has 52 valence electrons. The Morgan fingerprint density at radius 2 is 2.44 bits per heavy atom. The van der Waals surface area contributed by atoms with Crippen LogP contribution in [0.15, 0.2) is 0 Å². The van der Waals surface area contributed by atoms with Gasteiger partial charge in [-0.1, -0.05) is 0 Å². The molecule has 0 bridgehead atoms. The third-order valence-corrected chi connectivity index (χ3v) is 2.81. The van der Waals surface area contributed by atoms with Gasteiger partial charge in [0, 0.05) is 18.6 Å². The summed E-state index contributed by atoms with van der Waals surface area (Å²) < 4.78 is 0. The Labute approximate surface area is 56.2 Å². The average Bonchev–Trinajstić information content (AvgIpc) is 2.38. The van der Waals surface area contributed by atoms with E-state index in [1.165, 1.54) is 19.5 Å². The van der Waals surface area contributed by atoms with E-state index in [2.05, 4.69) is 24.3 Å². The summed E-state index contributed by atoms with van der Waals surface area (Å²) in [5, 5.41) is 3.40. The fraction of sp³-hybridized carbons (Fsp3) is 1.00. The van der Waals surface area contributed by atoms with E-state index in [-0.39, 0.29) is 0 Å². The van der Waals surface area contributed by atoms with Gasteiger partial charge in [0.2, 0.25) is 0 Å². The lowest BCUT2D eigenvalue weighted by Crippen LogP contribution is -2.34. The van der Waals surface area contributed by atoms with Gasteiger partial charge in [0.15, 0.2) is 0 Å². The smallest absolute Gasteiger partial charge is 0.0351 e. The van der Waals surface area contributed by atoms with Crippen LogP contribution in [0.25, 0.3) is 0 Å². The van der Waals surface area contributed by atoms with Crippen molar-refractivity contribution in [1.82, 2.24) is 10.2 Å². The second kappa shape index (κ2) is 1.50. The van der Waals surface area contributed by atoms with E-state index in [0.717, 1.165) is 5.92 Å². The molecule has 0 aromatic rings. The SMILES string of the molecule is CN[C@@]12C[C@@H]1CN(C)C2. The molecule has 1 saturated carbocycles. The zero-order valence-corrected chi connectivity index (χ0v) is 6.15. The van der Waals surface area contributed by atoms with Gasteiger partial charge in [-0.25, -0.2) is 0 Å². The van der Waals surface area contributed by atoms with Gasteiger partial charge in [0.05, 0.1) is 0 Å². The van der Waals surface area contributed by atoms with Gasteiger partial charge in [0.1, 0.15) is 0 Å². The molecule has 0 unspecified atom stereocenters. The predicted octanol–water partition coefficient (Wildman–Crippen LogP) is -0.0901. The first-order valence-corrected chi connectivity index (χ1v) is 3.64. The monoisotopic (exact) mass is 126 g/mol. The number of likely N-dealkylation sites (tertiary alicyclic amines) is 1. The van der Waals surface area contributed by atoms with Crippen molar-refractivity contribution in [2.45, 2.75) is 12.0 Å². The van der Waals surface area contributed by atoms with E-state index in [1.54, 1.807) is 0 Å². The second-order valence-electron chi connectivity index (χ2n) is 3.50. The summed E-state index contributed by atoms with van der Waals surface area (Å²) in [6, 6.07) is 0. The molecule has 2 rings (SSSR count). The molecule has 9 heavy (non-hydrogen) atoms. The van der Waals surface area contributed by atoms with Crippen molar-refractivity contribution < 1.29 is 0 Å². The van der Waals surface area contributed by atoms with Gasteiger partial charge >= 0.3 is 0 Å². The molecule has 2 aliphatic rings. The summed E-state index contributed by atoms with van der Waals surface area (Å²) in [5.41, 5.74) is 0.550. The van der Waals surface area contributed by atoms with Gasteiger partial charge in [-0.2, -0.15) is 0 Å². The van der Waals surface area contributed by atoms with Crippen LogP contribution in [-0.2, 0) is 0 Å². The van der Waals surface area contributed by atoms with Gasteiger partial charge in [-0.3, -0.25) is 0 Å². The molecule has 0 amide bonds.